The molecular weight excluding hydrogens is 342 g/mol. The van der Waals surface area contributed by atoms with Crippen molar-refractivity contribution >= 4 is 29.3 Å². The van der Waals surface area contributed by atoms with Crippen LogP contribution in [-0.2, 0) is 11.3 Å². The SMILES string of the molecule is O=C(CC1CSCCN1)N1CCCN(Cc2ccc(Cl)cc2)CC1. The Hall–Kier alpha value is -0.750. The number of nitrogens with one attached hydrogen (secondary N) is 1. The van der Waals surface area contributed by atoms with Crippen LogP contribution in [0.4, 0.5) is 0 Å². The minimum atomic E-state index is 0.309. The van der Waals surface area contributed by atoms with Crippen molar-refractivity contribution in [2.24, 2.45) is 0 Å². The Morgan fingerprint density at radius 1 is 1.21 bits per heavy atom. The third kappa shape index (κ3) is 5.38. The maximum Gasteiger partial charge on any atom is 0.224 e. The van der Waals surface area contributed by atoms with Gasteiger partial charge >= 0.3 is 0 Å². The highest BCUT2D eigenvalue weighted by atomic mass is 35.5. The van der Waals surface area contributed by atoms with Crippen LogP contribution in [0.5, 0.6) is 0 Å². The number of carbonyl (C=O) groups excluding carboxylic acids is 1. The third-order valence-electron chi connectivity index (χ3n) is 4.68. The number of benzene rings is 1. The zero-order chi connectivity index (χ0) is 16.8. The van der Waals surface area contributed by atoms with Crippen molar-refractivity contribution in [2.75, 3.05) is 44.2 Å². The van der Waals surface area contributed by atoms with E-state index < -0.39 is 0 Å². The standard InChI is InChI=1S/C18H26ClN3OS/c19-16-4-2-15(3-5-16)13-21-7-1-8-22(10-9-21)18(23)12-17-14-24-11-6-20-17/h2-5,17,20H,1,6-14H2. The van der Waals surface area contributed by atoms with Crippen LogP contribution in [0.15, 0.2) is 24.3 Å². The molecule has 6 heteroatoms. The van der Waals surface area contributed by atoms with Crippen LogP contribution in [0, 0.1) is 0 Å². The summed E-state index contributed by atoms with van der Waals surface area (Å²) in [6, 6.07) is 8.41. The Labute approximate surface area is 153 Å². The normalized spacial score (nSPS) is 23.0. The summed E-state index contributed by atoms with van der Waals surface area (Å²) in [5, 5.41) is 4.24. The van der Waals surface area contributed by atoms with Crippen LogP contribution >= 0.6 is 23.4 Å². The number of rotatable bonds is 4. The van der Waals surface area contributed by atoms with Gasteiger partial charge in [0.05, 0.1) is 0 Å². The molecule has 2 heterocycles. The lowest BCUT2D eigenvalue weighted by atomic mass is 10.2. The first-order valence-corrected chi connectivity index (χ1v) is 10.3. The van der Waals surface area contributed by atoms with E-state index in [1.165, 1.54) is 5.56 Å². The molecule has 1 N–H and O–H groups in total. The zero-order valence-electron chi connectivity index (χ0n) is 14.0. The highest BCUT2D eigenvalue weighted by Gasteiger charge is 2.23. The van der Waals surface area contributed by atoms with E-state index in [4.69, 9.17) is 11.6 Å². The number of carbonyl (C=O) groups is 1. The van der Waals surface area contributed by atoms with E-state index in [-0.39, 0.29) is 0 Å². The lowest BCUT2D eigenvalue weighted by Gasteiger charge is -2.27. The third-order valence-corrected chi connectivity index (χ3v) is 6.06. The van der Waals surface area contributed by atoms with E-state index in [1.54, 1.807) is 0 Å². The molecule has 0 saturated carbocycles. The Balaban J connectivity index is 1.47. The fraction of sp³-hybridized carbons (Fsp3) is 0.611. The maximum absolute atomic E-state index is 12.6. The van der Waals surface area contributed by atoms with Crippen molar-refractivity contribution in [1.82, 2.24) is 15.1 Å². The fourth-order valence-electron chi connectivity index (χ4n) is 3.32. The molecule has 3 rings (SSSR count). The van der Waals surface area contributed by atoms with Gasteiger partial charge in [0.2, 0.25) is 5.91 Å². The molecule has 2 saturated heterocycles. The number of halogens is 1. The summed E-state index contributed by atoms with van der Waals surface area (Å²) >= 11 is 7.90. The fourth-order valence-corrected chi connectivity index (χ4v) is 4.39. The summed E-state index contributed by atoms with van der Waals surface area (Å²) < 4.78 is 0. The van der Waals surface area contributed by atoms with Gasteiger partial charge in [-0.3, -0.25) is 9.69 Å². The number of hydrogen-bond donors (Lipinski definition) is 1. The van der Waals surface area contributed by atoms with Gasteiger partial charge < -0.3 is 10.2 Å². The first kappa shape index (κ1) is 18.1. The second-order valence-electron chi connectivity index (χ2n) is 6.57. The van der Waals surface area contributed by atoms with Gasteiger partial charge in [-0.25, -0.2) is 0 Å². The molecule has 1 aromatic rings. The number of thioether (sulfide) groups is 1. The van der Waals surface area contributed by atoms with Crippen LogP contribution in [-0.4, -0.2) is 66.0 Å². The van der Waals surface area contributed by atoms with Crippen LogP contribution in [0.1, 0.15) is 18.4 Å². The number of hydrogen-bond acceptors (Lipinski definition) is 4. The summed E-state index contributed by atoms with van der Waals surface area (Å²) in [5.74, 6) is 2.53. The molecule has 1 amide bonds. The summed E-state index contributed by atoms with van der Waals surface area (Å²) in [6.07, 6.45) is 1.69. The predicted octanol–water partition coefficient (Wildman–Crippen LogP) is 2.47. The first-order chi connectivity index (χ1) is 11.7. The maximum atomic E-state index is 12.6. The Bertz CT molecular complexity index is 534. The molecule has 0 aromatic heterocycles. The number of amides is 1. The van der Waals surface area contributed by atoms with Crippen molar-refractivity contribution < 1.29 is 4.79 Å². The molecule has 0 radical (unpaired) electrons. The van der Waals surface area contributed by atoms with Gasteiger partial charge in [0.25, 0.3) is 0 Å². The lowest BCUT2D eigenvalue weighted by Crippen LogP contribution is -2.43. The van der Waals surface area contributed by atoms with Gasteiger partial charge in [0.1, 0.15) is 0 Å². The minimum absolute atomic E-state index is 0.309. The van der Waals surface area contributed by atoms with Crippen LogP contribution < -0.4 is 5.32 Å². The molecule has 2 aliphatic heterocycles. The molecule has 1 unspecified atom stereocenters. The van der Waals surface area contributed by atoms with Gasteiger partial charge in [-0.1, -0.05) is 23.7 Å². The van der Waals surface area contributed by atoms with E-state index in [9.17, 15) is 4.79 Å². The molecule has 132 valence electrons. The highest BCUT2D eigenvalue weighted by molar-refractivity contribution is 7.99. The van der Waals surface area contributed by atoms with Crippen LogP contribution in [0.3, 0.4) is 0 Å². The average Bonchev–Trinajstić information content (AvgIpc) is 2.83. The summed E-state index contributed by atoms with van der Waals surface area (Å²) in [4.78, 5) is 17.1. The van der Waals surface area contributed by atoms with E-state index in [1.807, 2.05) is 23.9 Å². The molecule has 1 aromatic carbocycles. The molecule has 0 aliphatic carbocycles. The number of nitrogens with zero attached hydrogens (tertiary/aromatic N) is 2. The summed E-state index contributed by atoms with van der Waals surface area (Å²) in [7, 11) is 0. The summed E-state index contributed by atoms with van der Waals surface area (Å²) in [6.45, 7) is 5.67. The quantitative estimate of drug-likeness (QED) is 0.886. The van der Waals surface area contributed by atoms with E-state index in [0.29, 0.717) is 18.4 Å². The van der Waals surface area contributed by atoms with Gasteiger partial charge in [-0.2, -0.15) is 11.8 Å². The summed E-state index contributed by atoms with van der Waals surface area (Å²) in [5.41, 5.74) is 1.28. The van der Waals surface area contributed by atoms with Crippen molar-refractivity contribution in [3.05, 3.63) is 34.9 Å². The average molecular weight is 368 g/mol. The van der Waals surface area contributed by atoms with E-state index >= 15 is 0 Å². The second-order valence-corrected chi connectivity index (χ2v) is 8.15. The predicted molar refractivity (Wildman–Crippen MR) is 102 cm³/mol. The van der Waals surface area contributed by atoms with Gasteiger partial charge in [0, 0.05) is 68.3 Å². The van der Waals surface area contributed by atoms with Crippen molar-refractivity contribution in [1.29, 1.82) is 0 Å². The van der Waals surface area contributed by atoms with Crippen molar-refractivity contribution in [3.8, 4) is 0 Å². The first-order valence-electron chi connectivity index (χ1n) is 8.76. The van der Waals surface area contributed by atoms with E-state index in [0.717, 1.165) is 62.2 Å². The van der Waals surface area contributed by atoms with Crippen molar-refractivity contribution in [3.63, 3.8) is 0 Å². The molecule has 0 spiro atoms. The Morgan fingerprint density at radius 3 is 2.79 bits per heavy atom. The highest BCUT2D eigenvalue weighted by Crippen LogP contribution is 2.15. The molecular formula is C18H26ClN3OS. The van der Waals surface area contributed by atoms with E-state index in [2.05, 4.69) is 27.2 Å². The molecule has 0 bridgehead atoms. The largest absolute Gasteiger partial charge is 0.341 e. The molecule has 2 fully saturated rings. The van der Waals surface area contributed by atoms with Crippen LogP contribution in [0.2, 0.25) is 5.02 Å². The monoisotopic (exact) mass is 367 g/mol. The molecule has 2 aliphatic rings. The van der Waals surface area contributed by atoms with Gasteiger partial charge in [-0.15, -0.1) is 0 Å². The molecule has 4 nitrogen and oxygen atoms in total. The minimum Gasteiger partial charge on any atom is -0.341 e. The Morgan fingerprint density at radius 2 is 2.04 bits per heavy atom. The van der Waals surface area contributed by atoms with Gasteiger partial charge in [-0.05, 0) is 24.1 Å². The smallest absolute Gasteiger partial charge is 0.224 e. The van der Waals surface area contributed by atoms with Crippen LogP contribution in [0.25, 0.3) is 0 Å². The van der Waals surface area contributed by atoms with Crippen molar-refractivity contribution in [2.45, 2.75) is 25.4 Å². The second kappa shape index (κ2) is 9.09. The molecule has 1 atom stereocenters. The lowest BCUT2D eigenvalue weighted by molar-refractivity contribution is -0.131. The van der Waals surface area contributed by atoms with Gasteiger partial charge in [0.15, 0.2) is 0 Å². The Kier molecular flexibility index (Phi) is 6.84. The zero-order valence-corrected chi connectivity index (χ0v) is 15.6. The molecule has 24 heavy (non-hydrogen) atoms. The topological polar surface area (TPSA) is 35.6 Å².